The number of Topliss-reactive ketones (excluding diaryl/α,β-unsaturated/α-hetero) is 4. The number of hydrogen-bond donors (Lipinski definition) is 2. The van der Waals surface area contributed by atoms with Gasteiger partial charge in [0.1, 0.15) is 11.5 Å². The summed E-state index contributed by atoms with van der Waals surface area (Å²) >= 11 is 0. The molecule has 2 unspecified atom stereocenters. The van der Waals surface area contributed by atoms with Gasteiger partial charge in [-0.25, -0.2) is 0 Å². The van der Waals surface area contributed by atoms with E-state index in [9.17, 15) is 28.8 Å². The van der Waals surface area contributed by atoms with Crippen LogP contribution in [0, 0.1) is 11.8 Å². The Bertz CT molecular complexity index is 1270. The Morgan fingerprint density at radius 1 is 0.600 bits per heavy atom. The SMILES string of the molecule is O=C(NC1CC1)C1C(=O)c2ccc(Oc3ccc4c(c3)C(=O)C(C(=O)NC3CC3)C4=O)cc2C1=O. The Morgan fingerprint density at radius 2 is 0.971 bits per heavy atom. The largest absolute Gasteiger partial charge is 0.457 e. The molecule has 0 saturated heterocycles. The highest BCUT2D eigenvalue weighted by Gasteiger charge is 2.46. The topological polar surface area (TPSA) is 136 Å². The molecular weight excluding hydrogens is 452 g/mol. The van der Waals surface area contributed by atoms with Gasteiger partial charge < -0.3 is 15.4 Å². The van der Waals surface area contributed by atoms with Crippen molar-refractivity contribution in [2.75, 3.05) is 0 Å². The Hall–Kier alpha value is -4.14. The van der Waals surface area contributed by atoms with Gasteiger partial charge in [0.25, 0.3) is 0 Å². The molecule has 9 nitrogen and oxygen atoms in total. The molecule has 0 aromatic heterocycles. The molecule has 2 aromatic rings. The van der Waals surface area contributed by atoms with Crippen molar-refractivity contribution in [1.82, 2.24) is 10.6 Å². The number of carbonyl (C=O) groups is 6. The summed E-state index contributed by atoms with van der Waals surface area (Å²) < 4.78 is 5.81. The van der Waals surface area contributed by atoms with Crippen LogP contribution >= 0.6 is 0 Å². The minimum atomic E-state index is -1.39. The molecule has 2 N–H and O–H groups in total. The molecule has 0 heterocycles. The monoisotopic (exact) mass is 472 g/mol. The van der Waals surface area contributed by atoms with Crippen LogP contribution in [-0.4, -0.2) is 47.0 Å². The second-order valence-electron chi connectivity index (χ2n) is 9.41. The molecule has 2 aromatic carbocycles. The molecule has 2 fully saturated rings. The fourth-order valence-electron chi connectivity index (χ4n) is 4.51. The standard InChI is InChI=1S/C26H20N2O7/c29-21-15-7-5-13(9-17(15)23(31)19(21)25(33)27-11-1-2-11)35-14-6-8-16-18(10-14)24(32)20(22(16)30)26(34)28-12-3-4-12/h5-12,19-20H,1-4H2,(H,27,33)(H,28,34). The van der Waals surface area contributed by atoms with Crippen LogP contribution in [0.2, 0.25) is 0 Å². The summed E-state index contributed by atoms with van der Waals surface area (Å²) in [4.78, 5) is 75.7. The number of ketones is 4. The van der Waals surface area contributed by atoms with Crippen LogP contribution in [0.5, 0.6) is 11.5 Å². The lowest BCUT2D eigenvalue weighted by atomic mass is 10.0. The van der Waals surface area contributed by atoms with E-state index in [1.54, 1.807) is 0 Å². The van der Waals surface area contributed by atoms with Crippen molar-refractivity contribution in [3.8, 4) is 11.5 Å². The van der Waals surface area contributed by atoms with Crippen molar-refractivity contribution < 1.29 is 33.5 Å². The van der Waals surface area contributed by atoms with Crippen LogP contribution in [-0.2, 0) is 9.59 Å². The third-order valence-corrected chi connectivity index (χ3v) is 6.70. The van der Waals surface area contributed by atoms with E-state index in [-0.39, 0.29) is 45.8 Å². The summed E-state index contributed by atoms with van der Waals surface area (Å²) in [5.74, 6) is -5.70. The van der Waals surface area contributed by atoms with Gasteiger partial charge in [-0.3, -0.25) is 28.8 Å². The lowest BCUT2D eigenvalue weighted by molar-refractivity contribution is -0.123. The first-order chi connectivity index (χ1) is 16.8. The number of amides is 2. The maximum Gasteiger partial charge on any atom is 0.239 e. The predicted octanol–water partition coefficient (Wildman–Crippen LogP) is 2.03. The maximum absolute atomic E-state index is 12.8. The first kappa shape index (κ1) is 21.4. The predicted molar refractivity (Wildman–Crippen MR) is 120 cm³/mol. The first-order valence-electron chi connectivity index (χ1n) is 11.6. The van der Waals surface area contributed by atoms with Crippen LogP contribution < -0.4 is 15.4 Å². The van der Waals surface area contributed by atoms with E-state index in [0.29, 0.717) is 0 Å². The normalized spacial score (nSPS) is 22.6. The van der Waals surface area contributed by atoms with E-state index >= 15 is 0 Å². The number of fused-ring (bicyclic) bond motifs is 2. The van der Waals surface area contributed by atoms with E-state index in [1.807, 2.05) is 0 Å². The van der Waals surface area contributed by atoms with Gasteiger partial charge in [-0.15, -0.1) is 0 Å². The highest BCUT2D eigenvalue weighted by Crippen LogP contribution is 2.35. The van der Waals surface area contributed by atoms with Crippen molar-refractivity contribution in [3.05, 3.63) is 58.7 Å². The summed E-state index contributed by atoms with van der Waals surface area (Å²) in [7, 11) is 0. The van der Waals surface area contributed by atoms with E-state index in [0.717, 1.165) is 25.7 Å². The number of ether oxygens (including phenoxy) is 1. The molecule has 2 atom stereocenters. The summed E-state index contributed by atoms with van der Waals surface area (Å²) in [6.07, 6.45) is 3.36. The van der Waals surface area contributed by atoms with Gasteiger partial charge in [-0.2, -0.15) is 0 Å². The second kappa shape index (κ2) is 7.69. The molecule has 4 aliphatic rings. The summed E-state index contributed by atoms with van der Waals surface area (Å²) in [5.41, 5.74) is 0.537. The van der Waals surface area contributed by atoms with E-state index in [4.69, 9.17) is 4.74 Å². The number of hydrogen-bond acceptors (Lipinski definition) is 7. The minimum Gasteiger partial charge on any atom is -0.457 e. The molecule has 0 radical (unpaired) electrons. The van der Waals surface area contributed by atoms with E-state index in [1.165, 1.54) is 36.4 Å². The molecule has 9 heteroatoms. The molecule has 6 rings (SSSR count). The van der Waals surface area contributed by atoms with Gasteiger partial charge in [0, 0.05) is 34.3 Å². The minimum absolute atomic E-state index is 0.0273. The van der Waals surface area contributed by atoms with Crippen LogP contribution in [0.25, 0.3) is 0 Å². The molecule has 176 valence electrons. The molecule has 0 aliphatic heterocycles. The van der Waals surface area contributed by atoms with Gasteiger partial charge in [0.15, 0.2) is 35.0 Å². The van der Waals surface area contributed by atoms with Crippen molar-refractivity contribution in [1.29, 1.82) is 0 Å². The third kappa shape index (κ3) is 3.63. The van der Waals surface area contributed by atoms with Crippen LogP contribution in [0.1, 0.15) is 67.1 Å². The second-order valence-corrected chi connectivity index (χ2v) is 9.41. The van der Waals surface area contributed by atoms with Crippen LogP contribution in [0.3, 0.4) is 0 Å². The molecule has 0 spiro atoms. The smallest absolute Gasteiger partial charge is 0.239 e. The van der Waals surface area contributed by atoms with Crippen LogP contribution in [0.4, 0.5) is 0 Å². The fourth-order valence-corrected chi connectivity index (χ4v) is 4.51. The molecule has 0 bridgehead atoms. The Balaban J connectivity index is 1.22. The van der Waals surface area contributed by atoms with Crippen LogP contribution in [0.15, 0.2) is 36.4 Å². The average Bonchev–Trinajstić information content (AvgIpc) is 3.75. The zero-order valence-corrected chi connectivity index (χ0v) is 18.5. The lowest BCUT2D eigenvalue weighted by Gasteiger charge is -2.08. The van der Waals surface area contributed by atoms with Crippen molar-refractivity contribution >= 4 is 34.9 Å². The number of carbonyl (C=O) groups excluding carboxylic acids is 6. The summed E-state index contributed by atoms with van der Waals surface area (Å²) in [5, 5.41) is 5.41. The van der Waals surface area contributed by atoms with E-state index in [2.05, 4.69) is 10.6 Å². The van der Waals surface area contributed by atoms with Crippen molar-refractivity contribution in [3.63, 3.8) is 0 Å². The quantitative estimate of drug-likeness (QED) is 0.614. The van der Waals surface area contributed by atoms with Gasteiger partial charge >= 0.3 is 0 Å². The summed E-state index contributed by atoms with van der Waals surface area (Å²) in [6, 6.07) is 8.72. The highest BCUT2D eigenvalue weighted by atomic mass is 16.5. The molecule has 2 saturated carbocycles. The third-order valence-electron chi connectivity index (χ3n) is 6.70. The maximum atomic E-state index is 12.8. The van der Waals surface area contributed by atoms with Gasteiger partial charge in [-0.1, -0.05) is 0 Å². The summed E-state index contributed by atoms with van der Waals surface area (Å²) in [6.45, 7) is 0. The average molecular weight is 472 g/mol. The molecular formula is C26H20N2O7. The molecule has 2 amide bonds. The van der Waals surface area contributed by atoms with Gasteiger partial charge in [0.05, 0.1) is 0 Å². The number of nitrogens with one attached hydrogen (secondary N) is 2. The zero-order chi connectivity index (χ0) is 24.4. The Morgan fingerprint density at radius 3 is 1.34 bits per heavy atom. The van der Waals surface area contributed by atoms with Crippen molar-refractivity contribution in [2.24, 2.45) is 11.8 Å². The first-order valence-corrected chi connectivity index (χ1v) is 11.6. The van der Waals surface area contributed by atoms with E-state index < -0.39 is 46.8 Å². The Kier molecular flexibility index (Phi) is 4.70. The highest BCUT2D eigenvalue weighted by molar-refractivity contribution is 6.36. The number of benzene rings is 2. The molecule has 35 heavy (non-hydrogen) atoms. The number of rotatable bonds is 6. The van der Waals surface area contributed by atoms with Gasteiger partial charge in [0.2, 0.25) is 11.8 Å². The van der Waals surface area contributed by atoms with Crippen molar-refractivity contribution in [2.45, 2.75) is 37.8 Å². The zero-order valence-electron chi connectivity index (χ0n) is 18.5. The Labute approximate surface area is 199 Å². The fraction of sp³-hybridized carbons (Fsp3) is 0.308. The lowest BCUT2D eigenvalue weighted by Crippen LogP contribution is -2.37. The molecule has 4 aliphatic carbocycles. The van der Waals surface area contributed by atoms with Gasteiger partial charge in [-0.05, 0) is 62.1 Å².